The first-order chi connectivity index (χ1) is 10.2. The zero-order valence-electron chi connectivity index (χ0n) is 11.3. The number of carbonyl (C=O) groups is 1. The van der Waals surface area contributed by atoms with Crippen molar-refractivity contribution in [2.75, 3.05) is 4.90 Å². The van der Waals surface area contributed by atoms with E-state index in [0.717, 1.165) is 10.9 Å². The van der Waals surface area contributed by atoms with E-state index in [2.05, 4.69) is 9.97 Å². The molecule has 0 saturated heterocycles. The van der Waals surface area contributed by atoms with Crippen LogP contribution in [0.5, 0.6) is 0 Å². The largest absolute Gasteiger partial charge is 0.274 e. The van der Waals surface area contributed by atoms with E-state index in [4.69, 9.17) is 0 Å². The van der Waals surface area contributed by atoms with E-state index in [1.165, 1.54) is 30.3 Å². The lowest BCUT2D eigenvalue weighted by molar-refractivity contribution is -0.115. The summed E-state index contributed by atoms with van der Waals surface area (Å²) in [5, 5.41) is 0.763. The molecule has 1 amide bonds. The maximum Gasteiger partial charge on any atom is 0.229 e. The molecule has 0 N–H and O–H groups in total. The van der Waals surface area contributed by atoms with Crippen LogP contribution in [0.2, 0.25) is 0 Å². The van der Waals surface area contributed by atoms with Crippen LogP contribution in [0, 0.1) is 5.82 Å². The Kier molecular flexibility index (Phi) is 3.31. The van der Waals surface area contributed by atoms with E-state index in [1.54, 1.807) is 12.1 Å². The second kappa shape index (κ2) is 5.28. The van der Waals surface area contributed by atoms with Gasteiger partial charge in [0.05, 0.1) is 11.2 Å². The smallest absolute Gasteiger partial charge is 0.229 e. The predicted molar refractivity (Wildman–Crippen MR) is 78.8 cm³/mol. The van der Waals surface area contributed by atoms with Gasteiger partial charge >= 0.3 is 0 Å². The molecule has 0 atom stereocenters. The van der Waals surface area contributed by atoms with E-state index in [0.29, 0.717) is 11.5 Å². The van der Waals surface area contributed by atoms with Crippen LogP contribution in [0.1, 0.15) is 6.92 Å². The minimum Gasteiger partial charge on any atom is -0.274 e. The number of hydrogen-bond acceptors (Lipinski definition) is 3. The van der Waals surface area contributed by atoms with Gasteiger partial charge in [-0.1, -0.05) is 12.1 Å². The molecule has 21 heavy (non-hydrogen) atoms. The van der Waals surface area contributed by atoms with Crippen molar-refractivity contribution >= 4 is 28.3 Å². The molecule has 5 heteroatoms. The summed E-state index contributed by atoms with van der Waals surface area (Å²) in [6.07, 6.45) is 1.41. The van der Waals surface area contributed by atoms with Crippen molar-refractivity contribution in [3.63, 3.8) is 0 Å². The molecular weight excluding hydrogens is 269 g/mol. The minimum atomic E-state index is -0.352. The molecule has 1 aromatic heterocycles. The highest BCUT2D eigenvalue weighted by Crippen LogP contribution is 2.29. The summed E-state index contributed by atoms with van der Waals surface area (Å²) in [5.74, 6) is -0.0695. The average molecular weight is 281 g/mol. The Morgan fingerprint density at radius 3 is 2.48 bits per heavy atom. The van der Waals surface area contributed by atoms with Crippen LogP contribution >= 0.6 is 0 Å². The van der Waals surface area contributed by atoms with E-state index >= 15 is 0 Å². The standard InChI is InChI=1S/C16H12FN3O/c1-11(21)20(13-8-6-12(17)7-9-13)16-14-4-2-3-5-15(14)18-10-19-16/h2-10H,1H3. The van der Waals surface area contributed by atoms with Gasteiger partial charge in [0.25, 0.3) is 0 Å². The zero-order valence-corrected chi connectivity index (χ0v) is 11.3. The van der Waals surface area contributed by atoms with Crippen molar-refractivity contribution in [3.8, 4) is 0 Å². The molecule has 0 fully saturated rings. The lowest BCUT2D eigenvalue weighted by Crippen LogP contribution is -2.24. The molecule has 0 saturated carbocycles. The molecule has 3 rings (SSSR count). The number of anilines is 2. The fourth-order valence-corrected chi connectivity index (χ4v) is 2.21. The van der Waals surface area contributed by atoms with Crippen molar-refractivity contribution in [2.24, 2.45) is 0 Å². The Morgan fingerprint density at radius 2 is 1.76 bits per heavy atom. The average Bonchev–Trinajstić information content (AvgIpc) is 2.49. The second-order valence-corrected chi connectivity index (χ2v) is 4.55. The summed E-state index contributed by atoms with van der Waals surface area (Å²) in [6.45, 7) is 1.44. The van der Waals surface area contributed by atoms with Gasteiger partial charge in [-0.05, 0) is 36.4 Å². The molecule has 0 spiro atoms. The second-order valence-electron chi connectivity index (χ2n) is 4.55. The summed E-state index contributed by atoms with van der Waals surface area (Å²) in [7, 11) is 0. The number of para-hydroxylation sites is 1. The predicted octanol–water partition coefficient (Wildman–Crippen LogP) is 3.45. The number of halogens is 1. The van der Waals surface area contributed by atoms with Gasteiger partial charge in [0.1, 0.15) is 12.1 Å². The SMILES string of the molecule is CC(=O)N(c1ccc(F)cc1)c1ncnc2ccccc12. The third-order valence-electron chi connectivity index (χ3n) is 3.13. The molecule has 0 aliphatic carbocycles. The Balaban J connectivity index is 2.21. The first kappa shape index (κ1) is 13.2. The Labute approximate surface area is 120 Å². The van der Waals surface area contributed by atoms with Crippen LogP contribution in [-0.2, 0) is 4.79 Å². The first-order valence-electron chi connectivity index (χ1n) is 6.43. The van der Waals surface area contributed by atoms with Crippen LogP contribution in [0.4, 0.5) is 15.9 Å². The molecule has 4 nitrogen and oxygen atoms in total. The lowest BCUT2D eigenvalue weighted by atomic mass is 10.2. The van der Waals surface area contributed by atoms with Crippen LogP contribution in [0.15, 0.2) is 54.9 Å². The van der Waals surface area contributed by atoms with Gasteiger partial charge < -0.3 is 0 Å². The van der Waals surface area contributed by atoms with Gasteiger partial charge in [-0.25, -0.2) is 14.4 Å². The highest BCUT2D eigenvalue weighted by molar-refractivity contribution is 6.05. The Hall–Kier alpha value is -2.82. The Morgan fingerprint density at radius 1 is 1.05 bits per heavy atom. The quantitative estimate of drug-likeness (QED) is 0.722. The maximum atomic E-state index is 13.1. The molecule has 0 radical (unpaired) electrons. The number of benzene rings is 2. The van der Waals surface area contributed by atoms with Crippen molar-refractivity contribution in [1.29, 1.82) is 0 Å². The normalized spacial score (nSPS) is 10.6. The molecule has 104 valence electrons. The fourth-order valence-electron chi connectivity index (χ4n) is 2.21. The van der Waals surface area contributed by atoms with Crippen molar-refractivity contribution in [3.05, 3.63) is 60.7 Å². The number of aromatic nitrogens is 2. The summed E-state index contributed by atoms with van der Waals surface area (Å²) < 4.78 is 13.1. The number of fused-ring (bicyclic) bond motifs is 1. The summed E-state index contributed by atoms with van der Waals surface area (Å²) in [4.78, 5) is 21.9. The minimum absolute atomic E-state index is 0.203. The van der Waals surface area contributed by atoms with Crippen molar-refractivity contribution in [1.82, 2.24) is 9.97 Å². The molecule has 3 aromatic rings. The highest BCUT2D eigenvalue weighted by Gasteiger charge is 2.18. The zero-order chi connectivity index (χ0) is 14.8. The number of rotatable bonds is 2. The van der Waals surface area contributed by atoms with Gasteiger partial charge in [-0.15, -0.1) is 0 Å². The molecule has 0 aliphatic rings. The van der Waals surface area contributed by atoms with Crippen molar-refractivity contribution < 1.29 is 9.18 Å². The monoisotopic (exact) mass is 281 g/mol. The molecule has 0 bridgehead atoms. The van der Waals surface area contributed by atoms with Gasteiger partial charge in [-0.2, -0.15) is 0 Å². The van der Waals surface area contributed by atoms with E-state index in [9.17, 15) is 9.18 Å². The molecule has 2 aromatic carbocycles. The Bertz CT molecular complexity index is 797. The third-order valence-corrected chi connectivity index (χ3v) is 3.13. The molecular formula is C16H12FN3O. The first-order valence-corrected chi connectivity index (χ1v) is 6.43. The molecule has 0 unspecified atom stereocenters. The van der Waals surface area contributed by atoms with Gasteiger partial charge in [-0.3, -0.25) is 9.69 Å². The number of carbonyl (C=O) groups excluding carboxylic acids is 1. The third kappa shape index (κ3) is 2.45. The van der Waals surface area contributed by atoms with E-state index in [1.807, 2.05) is 24.3 Å². The van der Waals surface area contributed by atoms with Crippen LogP contribution < -0.4 is 4.90 Å². The van der Waals surface area contributed by atoms with Crippen LogP contribution in [0.25, 0.3) is 10.9 Å². The van der Waals surface area contributed by atoms with Gasteiger partial charge in [0, 0.05) is 12.3 Å². The van der Waals surface area contributed by atoms with Crippen LogP contribution in [0.3, 0.4) is 0 Å². The number of hydrogen-bond donors (Lipinski definition) is 0. The molecule has 0 aliphatic heterocycles. The van der Waals surface area contributed by atoms with Crippen LogP contribution in [-0.4, -0.2) is 15.9 Å². The summed E-state index contributed by atoms with van der Waals surface area (Å²) in [6, 6.07) is 13.2. The number of amides is 1. The summed E-state index contributed by atoms with van der Waals surface area (Å²) >= 11 is 0. The van der Waals surface area contributed by atoms with Gasteiger partial charge in [0.2, 0.25) is 5.91 Å². The van der Waals surface area contributed by atoms with Gasteiger partial charge in [0.15, 0.2) is 5.82 Å². The van der Waals surface area contributed by atoms with Crippen molar-refractivity contribution in [2.45, 2.75) is 6.92 Å². The topological polar surface area (TPSA) is 46.1 Å². The molecule has 1 heterocycles. The fraction of sp³-hybridized carbons (Fsp3) is 0.0625. The lowest BCUT2D eigenvalue weighted by Gasteiger charge is -2.21. The highest BCUT2D eigenvalue weighted by atomic mass is 19.1. The number of nitrogens with zero attached hydrogens (tertiary/aromatic N) is 3. The summed E-state index contributed by atoms with van der Waals surface area (Å²) in [5.41, 5.74) is 1.31. The van der Waals surface area contributed by atoms with E-state index < -0.39 is 0 Å². The van der Waals surface area contributed by atoms with E-state index in [-0.39, 0.29) is 11.7 Å². The maximum absolute atomic E-state index is 13.1.